The fourth-order valence-corrected chi connectivity index (χ4v) is 3.28. The molecule has 0 amide bonds. The number of anilines is 3. The average Bonchev–Trinajstić information content (AvgIpc) is 3.31. The van der Waals surface area contributed by atoms with Crippen molar-refractivity contribution >= 4 is 29.3 Å². The topological polar surface area (TPSA) is 121 Å². The quantitative estimate of drug-likeness (QED) is 0.475. The van der Waals surface area contributed by atoms with Gasteiger partial charge in [0.1, 0.15) is 5.82 Å². The van der Waals surface area contributed by atoms with E-state index in [0.29, 0.717) is 29.1 Å². The highest BCUT2D eigenvalue weighted by molar-refractivity contribution is 7.98. The SMILES string of the molecule is Cc1ccc(Nc2nc(N)nc(CSc3nnc(-c4ccco4)n3C)n2)cc1. The van der Waals surface area contributed by atoms with Crippen molar-refractivity contribution in [1.29, 1.82) is 0 Å². The Labute approximate surface area is 165 Å². The second kappa shape index (κ2) is 7.69. The molecular formula is C18H18N8OS. The maximum atomic E-state index is 5.85. The Bertz CT molecular complexity index is 1080. The van der Waals surface area contributed by atoms with E-state index in [1.165, 1.54) is 17.3 Å². The molecule has 3 aromatic heterocycles. The minimum atomic E-state index is 0.162. The monoisotopic (exact) mass is 394 g/mol. The van der Waals surface area contributed by atoms with Crippen LogP contribution in [0.25, 0.3) is 11.6 Å². The second-order valence-corrected chi connectivity index (χ2v) is 7.00. The summed E-state index contributed by atoms with van der Waals surface area (Å²) >= 11 is 1.46. The van der Waals surface area contributed by atoms with Crippen molar-refractivity contribution in [3.05, 3.63) is 54.0 Å². The molecule has 0 fully saturated rings. The molecule has 0 saturated heterocycles. The van der Waals surface area contributed by atoms with Gasteiger partial charge in [0.25, 0.3) is 0 Å². The summed E-state index contributed by atoms with van der Waals surface area (Å²) in [4.78, 5) is 12.8. The molecule has 0 bridgehead atoms. The predicted octanol–water partition coefficient (Wildman–Crippen LogP) is 3.19. The van der Waals surface area contributed by atoms with E-state index < -0.39 is 0 Å². The van der Waals surface area contributed by atoms with E-state index in [1.807, 2.05) is 54.9 Å². The molecule has 0 saturated carbocycles. The minimum Gasteiger partial charge on any atom is -0.461 e. The van der Waals surface area contributed by atoms with E-state index in [2.05, 4.69) is 30.5 Å². The van der Waals surface area contributed by atoms with Crippen LogP contribution < -0.4 is 11.1 Å². The van der Waals surface area contributed by atoms with Crippen LogP contribution in [0.1, 0.15) is 11.4 Å². The molecule has 9 nitrogen and oxygen atoms in total. The number of nitrogen functional groups attached to an aromatic ring is 1. The third-order valence-electron chi connectivity index (χ3n) is 3.91. The number of nitrogens with zero attached hydrogens (tertiary/aromatic N) is 6. The molecule has 0 atom stereocenters. The van der Waals surface area contributed by atoms with Gasteiger partial charge in [0.05, 0.1) is 12.0 Å². The molecule has 28 heavy (non-hydrogen) atoms. The Kier molecular flexibility index (Phi) is 4.94. The van der Waals surface area contributed by atoms with Crippen LogP contribution in [0.2, 0.25) is 0 Å². The first-order chi connectivity index (χ1) is 13.6. The number of thioether (sulfide) groups is 1. The standard InChI is InChI=1S/C18H18N8OS/c1-11-5-7-12(8-6-11)20-17-22-14(21-16(19)23-17)10-28-18-25-24-15(26(18)2)13-4-3-9-27-13/h3-9H,10H2,1-2H3,(H3,19,20,21,22,23). The number of nitrogens with two attached hydrogens (primary N) is 1. The first-order valence-corrected chi connectivity index (χ1v) is 9.47. The highest BCUT2D eigenvalue weighted by Crippen LogP contribution is 2.25. The zero-order valence-corrected chi connectivity index (χ0v) is 16.1. The number of furan rings is 1. The van der Waals surface area contributed by atoms with Gasteiger partial charge in [-0.25, -0.2) is 0 Å². The summed E-state index contributed by atoms with van der Waals surface area (Å²) in [5.41, 5.74) is 7.90. The smallest absolute Gasteiger partial charge is 0.232 e. The normalized spacial score (nSPS) is 10.9. The first-order valence-electron chi connectivity index (χ1n) is 8.48. The Morgan fingerprint density at radius 2 is 1.93 bits per heavy atom. The number of hydrogen-bond acceptors (Lipinski definition) is 9. The van der Waals surface area contributed by atoms with Gasteiger partial charge in [-0.1, -0.05) is 29.5 Å². The second-order valence-electron chi connectivity index (χ2n) is 6.06. The first kappa shape index (κ1) is 18.0. The summed E-state index contributed by atoms with van der Waals surface area (Å²) in [6, 6.07) is 11.6. The van der Waals surface area contributed by atoms with Crippen molar-refractivity contribution in [2.45, 2.75) is 17.8 Å². The molecule has 0 radical (unpaired) electrons. The molecule has 0 spiro atoms. The van der Waals surface area contributed by atoms with Crippen LogP contribution >= 0.6 is 11.8 Å². The highest BCUT2D eigenvalue weighted by Gasteiger charge is 2.14. The van der Waals surface area contributed by atoms with E-state index in [1.54, 1.807) is 6.26 Å². The van der Waals surface area contributed by atoms with Gasteiger partial charge >= 0.3 is 0 Å². The Balaban J connectivity index is 1.48. The number of hydrogen-bond donors (Lipinski definition) is 2. The summed E-state index contributed by atoms with van der Waals surface area (Å²) in [7, 11) is 1.88. The Morgan fingerprint density at radius 3 is 2.68 bits per heavy atom. The Morgan fingerprint density at radius 1 is 1.11 bits per heavy atom. The predicted molar refractivity (Wildman–Crippen MR) is 107 cm³/mol. The maximum absolute atomic E-state index is 5.85. The molecule has 3 N–H and O–H groups in total. The lowest BCUT2D eigenvalue weighted by molar-refractivity contribution is 0.572. The summed E-state index contributed by atoms with van der Waals surface area (Å²) in [6.07, 6.45) is 1.60. The van der Waals surface area contributed by atoms with Crippen molar-refractivity contribution in [2.75, 3.05) is 11.1 Å². The van der Waals surface area contributed by atoms with Gasteiger partial charge in [0, 0.05) is 12.7 Å². The highest BCUT2D eigenvalue weighted by atomic mass is 32.2. The van der Waals surface area contributed by atoms with Gasteiger partial charge in [-0.05, 0) is 31.2 Å². The lowest BCUT2D eigenvalue weighted by atomic mass is 10.2. The van der Waals surface area contributed by atoms with E-state index in [-0.39, 0.29) is 5.95 Å². The molecule has 10 heteroatoms. The minimum absolute atomic E-state index is 0.162. The summed E-state index contributed by atoms with van der Waals surface area (Å²) in [5, 5.41) is 12.3. The van der Waals surface area contributed by atoms with Crippen molar-refractivity contribution in [2.24, 2.45) is 7.05 Å². The molecule has 0 aliphatic heterocycles. The van der Waals surface area contributed by atoms with Crippen molar-refractivity contribution in [3.63, 3.8) is 0 Å². The third-order valence-corrected chi connectivity index (χ3v) is 4.93. The zero-order chi connectivity index (χ0) is 19.5. The number of nitrogens with one attached hydrogen (secondary N) is 1. The zero-order valence-electron chi connectivity index (χ0n) is 15.3. The lowest BCUT2D eigenvalue weighted by Crippen LogP contribution is -2.06. The average molecular weight is 394 g/mol. The van der Waals surface area contributed by atoms with E-state index in [9.17, 15) is 0 Å². The van der Waals surface area contributed by atoms with Gasteiger partial charge in [-0.3, -0.25) is 0 Å². The number of aryl methyl sites for hydroxylation is 1. The van der Waals surface area contributed by atoms with Crippen LogP contribution in [0.5, 0.6) is 0 Å². The van der Waals surface area contributed by atoms with Crippen molar-refractivity contribution in [3.8, 4) is 11.6 Å². The van der Waals surface area contributed by atoms with Crippen molar-refractivity contribution in [1.82, 2.24) is 29.7 Å². The van der Waals surface area contributed by atoms with E-state index in [0.717, 1.165) is 10.8 Å². The van der Waals surface area contributed by atoms with Crippen molar-refractivity contribution < 1.29 is 4.42 Å². The van der Waals surface area contributed by atoms with Gasteiger partial charge < -0.3 is 20.0 Å². The fraction of sp³-hybridized carbons (Fsp3) is 0.167. The molecule has 4 rings (SSSR count). The van der Waals surface area contributed by atoms with E-state index >= 15 is 0 Å². The molecule has 0 unspecified atom stereocenters. The lowest BCUT2D eigenvalue weighted by Gasteiger charge is -2.07. The molecule has 142 valence electrons. The van der Waals surface area contributed by atoms with Gasteiger partial charge in [0.2, 0.25) is 11.9 Å². The Hall–Kier alpha value is -3.40. The molecule has 4 aromatic rings. The van der Waals surface area contributed by atoms with Crippen LogP contribution in [-0.4, -0.2) is 29.7 Å². The fourth-order valence-electron chi connectivity index (χ4n) is 2.51. The number of rotatable bonds is 6. The molecular weight excluding hydrogens is 376 g/mol. The molecule has 0 aliphatic carbocycles. The van der Waals surface area contributed by atoms with Crippen LogP contribution in [-0.2, 0) is 12.8 Å². The van der Waals surface area contributed by atoms with Crippen LogP contribution in [0.4, 0.5) is 17.6 Å². The number of aromatic nitrogens is 6. The number of benzene rings is 1. The third kappa shape index (κ3) is 3.96. The van der Waals surface area contributed by atoms with Gasteiger partial charge in [-0.2, -0.15) is 15.0 Å². The van der Waals surface area contributed by atoms with Gasteiger partial charge in [0.15, 0.2) is 16.7 Å². The van der Waals surface area contributed by atoms with Crippen LogP contribution in [0.15, 0.2) is 52.2 Å². The largest absolute Gasteiger partial charge is 0.461 e. The summed E-state index contributed by atoms with van der Waals surface area (Å²) in [5.74, 6) is 2.91. The maximum Gasteiger partial charge on any atom is 0.232 e. The summed E-state index contributed by atoms with van der Waals surface area (Å²) < 4.78 is 7.24. The summed E-state index contributed by atoms with van der Waals surface area (Å²) in [6.45, 7) is 2.03. The molecule has 3 heterocycles. The van der Waals surface area contributed by atoms with Crippen LogP contribution in [0.3, 0.4) is 0 Å². The van der Waals surface area contributed by atoms with E-state index in [4.69, 9.17) is 10.2 Å². The van der Waals surface area contributed by atoms with Crippen LogP contribution in [0, 0.1) is 6.92 Å². The van der Waals surface area contributed by atoms with Gasteiger partial charge in [-0.15, -0.1) is 10.2 Å². The molecule has 1 aromatic carbocycles. The molecule has 0 aliphatic rings.